The zero-order valence-corrected chi connectivity index (χ0v) is 19.0. The summed E-state index contributed by atoms with van der Waals surface area (Å²) in [6.45, 7) is 5.20. The molecule has 7 rings (SSSR count). The number of halogens is 1. The van der Waals surface area contributed by atoms with Gasteiger partial charge in [-0.25, -0.2) is 4.68 Å². The van der Waals surface area contributed by atoms with E-state index in [1.165, 1.54) is 0 Å². The summed E-state index contributed by atoms with van der Waals surface area (Å²) < 4.78 is 1.92. The normalized spacial score (nSPS) is 35.9. The summed E-state index contributed by atoms with van der Waals surface area (Å²) in [6, 6.07) is 7.89. The lowest BCUT2D eigenvalue weighted by Crippen LogP contribution is -2.62. The van der Waals surface area contributed by atoms with E-state index in [-0.39, 0.29) is 17.4 Å². The lowest BCUT2D eigenvalue weighted by Gasteiger charge is -2.60. The number of hydrogen-bond donors (Lipinski definition) is 1. The maximum atomic E-state index is 13.9. The van der Waals surface area contributed by atoms with Crippen molar-refractivity contribution >= 4 is 17.5 Å². The van der Waals surface area contributed by atoms with Crippen molar-refractivity contribution in [2.45, 2.75) is 69.4 Å². The third kappa shape index (κ3) is 3.00. The van der Waals surface area contributed by atoms with Crippen LogP contribution in [0.15, 0.2) is 30.5 Å². The number of amides is 1. The van der Waals surface area contributed by atoms with Crippen molar-refractivity contribution in [1.82, 2.24) is 14.7 Å². The van der Waals surface area contributed by atoms with Gasteiger partial charge in [-0.15, -0.1) is 0 Å². The number of aliphatic hydroxyl groups is 1. The van der Waals surface area contributed by atoms with Crippen LogP contribution >= 0.6 is 11.6 Å². The van der Waals surface area contributed by atoms with Crippen LogP contribution in [0.3, 0.4) is 0 Å². The number of carbonyl (C=O) groups excluding carboxylic acids is 1. The number of fused-ring (bicyclic) bond motifs is 1. The second-order valence-electron chi connectivity index (χ2n) is 11.1. The Morgan fingerprint density at radius 1 is 1.10 bits per heavy atom. The summed E-state index contributed by atoms with van der Waals surface area (Å²) in [5, 5.41) is 16.3. The molecule has 4 fully saturated rings. The molecule has 2 heterocycles. The minimum absolute atomic E-state index is 0.116. The third-order valence-corrected chi connectivity index (χ3v) is 8.75. The van der Waals surface area contributed by atoms with E-state index in [9.17, 15) is 9.90 Å². The fourth-order valence-electron chi connectivity index (χ4n) is 7.46. The Morgan fingerprint density at radius 2 is 1.77 bits per heavy atom. The van der Waals surface area contributed by atoms with E-state index < -0.39 is 5.60 Å². The van der Waals surface area contributed by atoms with Gasteiger partial charge in [0, 0.05) is 23.0 Å². The highest BCUT2D eigenvalue weighted by molar-refractivity contribution is 6.30. The zero-order valence-electron chi connectivity index (χ0n) is 18.2. The molecule has 2 unspecified atom stereocenters. The van der Waals surface area contributed by atoms with Gasteiger partial charge in [0.1, 0.15) is 0 Å². The molecule has 0 saturated heterocycles. The van der Waals surface area contributed by atoms with E-state index in [0.717, 1.165) is 62.0 Å². The van der Waals surface area contributed by atoms with Gasteiger partial charge in [0.15, 0.2) is 0 Å². The Morgan fingerprint density at radius 3 is 2.42 bits per heavy atom. The van der Waals surface area contributed by atoms with Crippen molar-refractivity contribution in [1.29, 1.82) is 0 Å². The number of rotatable bonds is 2. The Labute approximate surface area is 188 Å². The molecule has 2 aromatic rings. The first-order chi connectivity index (χ1) is 14.7. The van der Waals surface area contributed by atoms with Crippen molar-refractivity contribution < 1.29 is 9.90 Å². The number of hydrogen-bond acceptors (Lipinski definition) is 3. The standard InChI is InChI=1S/C25H30ClN3O2/c1-24(2)7-8-28(21-16-9-15-10-17(21)13-25(31,11-15)12-16)23(30)20-14-27-29(22(20)24)19-5-3-18(26)4-6-19/h3-6,14-17,21,31H,7-13H2,1-2H3. The maximum Gasteiger partial charge on any atom is 0.257 e. The van der Waals surface area contributed by atoms with Gasteiger partial charge in [0.2, 0.25) is 0 Å². The van der Waals surface area contributed by atoms with Crippen molar-refractivity contribution in [3.05, 3.63) is 46.7 Å². The number of carbonyl (C=O) groups is 1. The van der Waals surface area contributed by atoms with Crippen molar-refractivity contribution in [2.75, 3.05) is 6.54 Å². The summed E-state index contributed by atoms with van der Waals surface area (Å²) in [5.74, 6) is 1.61. The average molecular weight is 440 g/mol. The molecular formula is C25H30ClN3O2. The molecule has 1 N–H and O–H groups in total. The molecular weight excluding hydrogens is 410 g/mol. The first-order valence-corrected chi connectivity index (χ1v) is 12.0. The fraction of sp³-hybridized carbons (Fsp3) is 0.600. The summed E-state index contributed by atoms with van der Waals surface area (Å²) in [4.78, 5) is 16.1. The largest absolute Gasteiger partial charge is 0.390 e. The molecule has 4 aliphatic carbocycles. The molecule has 1 aromatic heterocycles. The summed E-state index contributed by atoms with van der Waals surface area (Å²) >= 11 is 6.09. The minimum Gasteiger partial charge on any atom is -0.390 e. The van der Waals surface area contributed by atoms with Crippen LogP contribution in [0.25, 0.3) is 5.69 Å². The molecule has 2 atom stereocenters. The molecule has 5 aliphatic rings. The molecule has 0 radical (unpaired) electrons. The number of aromatic nitrogens is 2. The van der Waals surface area contributed by atoms with Gasteiger partial charge in [0.05, 0.1) is 28.7 Å². The van der Waals surface area contributed by atoms with E-state index in [2.05, 4.69) is 23.8 Å². The van der Waals surface area contributed by atoms with Crippen molar-refractivity contribution in [2.24, 2.45) is 17.8 Å². The van der Waals surface area contributed by atoms with Gasteiger partial charge in [-0.2, -0.15) is 5.10 Å². The van der Waals surface area contributed by atoms with Crippen LogP contribution in [-0.2, 0) is 5.41 Å². The second kappa shape index (κ2) is 6.58. The Bertz CT molecular complexity index is 1030. The molecule has 0 spiro atoms. The van der Waals surface area contributed by atoms with Gasteiger partial charge in [-0.3, -0.25) is 4.79 Å². The Hall–Kier alpha value is -1.85. The van der Waals surface area contributed by atoms with Crippen LogP contribution in [0.1, 0.15) is 68.4 Å². The SMILES string of the molecule is CC1(C)CCN(C2C3CC4CC2CC(O)(C4)C3)C(=O)c2cnn(-c3ccc(Cl)cc3)c21. The van der Waals surface area contributed by atoms with Gasteiger partial charge in [0.25, 0.3) is 5.91 Å². The molecule has 6 heteroatoms. The van der Waals surface area contributed by atoms with Crippen molar-refractivity contribution in [3.63, 3.8) is 0 Å². The summed E-state index contributed by atoms with van der Waals surface area (Å²) in [7, 11) is 0. The monoisotopic (exact) mass is 439 g/mol. The Kier molecular flexibility index (Phi) is 4.21. The van der Waals surface area contributed by atoms with Gasteiger partial charge in [-0.1, -0.05) is 25.4 Å². The van der Waals surface area contributed by atoms with Gasteiger partial charge < -0.3 is 10.0 Å². The van der Waals surface area contributed by atoms with Crippen LogP contribution < -0.4 is 0 Å². The lowest BCUT2D eigenvalue weighted by molar-refractivity contribution is -0.154. The van der Waals surface area contributed by atoms with Gasteiger partial charge >= 0.3 is 0 Å². The first-order valence-electron chi connectivity index (χ1n) is 11.6. The van der Waals surface area contributed by atoms with E-state index in [4.69, 9.17) is 11.6 Å². The van der Waals surface area contributed by atoms with E-state index in [0.29, 0.717) is 22.8 Å². The molecule has 1 amide bonds. The highest BCUT2D eigenvalue weighted by Gasteiger charge is 2.57. The molecule has 4 saturated carbocycles. The van der Waals surface area contributed by atoms with Crippen molar-refractivity contribution in [3.8, 4) is 5.69 Å². The molecule has 164 valence electrons. The minimum atomic E-state index is -0.480. The maximum absolute atomic E-state index is 13.9. The highest BCUT2D eigenvalue weighted by atomic mass is 35.5. The molecule has 1 aliphatic heterocycles. The highest BCUT2D eigenvalue weighted by Crippen LogP contribution is 2.57. The summed E-state index contributed by atoms with van der Waals surface area (Å²) in [6.07, 6.45) is 7.65. The number of nitrogens with zero attached hydrogens (tertiary/aromatic N) is 3. The quantitative estimate of drug-likeness (QED) is 0.744. The summed E-state index contributed by atoms with van der Waals surface area (Å²) in [5.41, 5.74) is 1.98. The van der Waals surface area contributed by atoms with Crippen LogP contribution in [0.5, 0.6) is 0 Å². The van der Waals surface area contributed by atoms with E-state index in [1.54, 1.807) is 6.20 Å². The first kappa shape index (κ1) is 19.8. The van der Waals surface area contributed by atoms with Crippen LogP contribution in [-0.4, -0.2) is 43.9 Å². The van der Waals surface area contributed by atoms with Crippen LogP contribution in [0.2, 0.25) is 5.02 Å². The van der Waals surface area contributed by atoms with E-state index >= 15 is 0 Å². The second-order valence-corrected chi connectivity index (χ2v) is 11.5. The van der Waals surface area contributed by atoms with Crippen LogP contribution in [0.4, 0.5) is 0 Å². The van der Waals surface area contributed by atoms with E-state index in [1.807, 2.05) is 28.9 Å². The molecule has 1 aromatic carbocycles. The fourth-order valence-corrected chi connectivity index (χ4v) is 7.58. The number of benzene rings is 1. The zero-order chi connectivity index (χ0) is 21.5. The Balaban J connectivity index is 1.39. The third-order valence-electron chi connectivity index (χ3n) is 8.50. The molecule has 31 heavy (non-hydrogen) atoms. The smallest absolute Gasteiger partial charge is 0.257 e. The van der Waals surface area contributed by atoms with Crippen LogP contribution in [0, 0.1) is 17.8 Å². The predicted molar refractivity (Wildman–Crippen MR) is 120 cm³/mol. The topological polar surface area (TPSA) is 58.4 Å². The van der Waals surface area contributed by atoms with Gasteiger partial charge in [-0.05, 0) is 80.5 Å². The molecule has 4 bridgehead atoms. The average Bonchev–Trinajstić information content (AvgIpc) is 3.11. The predicted octanol–water partition coefficient (Wildman–Crippen LogP) is 4.59. The molecule has 5 nitrogen and oxygen atoms in total. The lowest BCUT2D eigenvalue weighted by atomic mass is 9.52.